The van der Waals surface area contributed by atoms with Crippen LogP contribution in [-0.4, -0.2) is 36.5 Å². The fourth-order valence-electron chi connectivity index (χ4n) is 2.93. The molecule has 3 rings (SSSR count). The molecule has 1 aromatic carbocycles. The summed E-state index contributed by atoms with van der Waals surface area (Å²) >= 11 is 13.7. The Morgan fingerprint density at radius 1 is 1.38 bits per heavy atom. The number of hydrogen-bond donors (Lipinski definition) is 0. The smallest absolute Gasteiger partial charge is 0.310 e. The zero-order valence-corrected chi connectivity index (χ0v) is 15.5. The summed E-state index contributed by atoms with van der Waals surface area (Å²) in [5.41, 5.74) is 0. The quantitative estimate of drug-likeness (QED) is 0.723. The molecular formula is C17H17Cl2NO3S. The molecule has 1 aromatic heterocycles. The molecule has 0 saturated carbocycles. The zero-order valence-electron chi connectivity index (χ0n) is 13.2. The third kappa shape index (κ3) is 3.39. The molecule has 2 aromatic rings. The van der Waals surface area contributed by atoms with E-state index in [1.807, 2.05) is 12.1 Å². The topological polar surface area (TPSA) is 46.6 Å². The summed E-state index contributed by atoms with van der Waals surface area (Å²) < 4.78 is 5.97. The number of piperidine rings is 1. The molecule has 1 unspecified atom stereocenters. The van der Waals surface area contributed by atoms with Crippen LogP contribution in [0.5, 0.6) is 0 Å². The lowest BCUT2D eigenvalue weighted by molar-refractivity contribution is -0.149. The Morgan fingerprint density at radius 2 is 2.17 bits per heavy atom. The minimum Gasteiger partial charge on any atom is -0.466 e. The first-order valence-corrected chi connectivity index (χ1v) is 9.42. The van der Waals surface area contributed by atoms with Crippen molar-refractivity contribution in [3.05, 3.63) is 33.1 Å². The van der Waals surface area contributed by atoms with Crippen molar-refractivity contribution in [1.29, 1.82) is 0 Å². The van der Waals surface area contributed by atoms with Gasteiger partial charge in [0.2, 0.25) is 0 Å². The molecule has 0 N–H and O–H groups in total. The average Bonchev–Trinajstić information content (AvgIpc) is 2.90. The van der Waals surface area contributed by atoms with Gasteiger partial charge in [-0.1, -0.05) is 29.3 Å². The lowest BCUT2D eigenvalue weighted by Gasteiger charge is -2.31. The van der Waals surface area contributed by atoms with Crippen LogP contribution in [0.2, 0.25) is 10.0 Å². The molecule has 24 heavy (non-hydrogen) atoms. The normalized spacial score (nSPS) is 18.0. The average molecular weight is 386 g/mol. The van der Waals surface area contributed by atoms with Crippen LogP contribution in [0, 0.1) is 5.92 Å². The van der Waals surface area contributed by atoms with Crippen molar-refractivity contribution in [1.82, 2.24) is 4.90 Å². The Labute approximate surface area is 154 Å². The molecule has 128 valence electrons. The second kappa shape index (κ2) is 7.30. The fraction of sp³-hybridized carbons (Fsp3) is 0.412. The molecule has 1 amide bonds. The van der Waals surface area contributed by atoms with Gasteiger partial charge in [-0.05, 0) is 31.9 Å². The van der Waals surface area contributed by atoms with Crippen molar-refractivity contribution < 1.29 is 14.3 Å². The van der Waals surface area contributed by atoms with Crippen LogP contribution in [0.3, 0.4) is 0 Å². The molecule has 1 aliphatic heterocycles. The maximum absolute atomic E-state index is 12.9. The van der Waals surface area contributed by atoms with E-state index in [1.165, 1.54) is 11.3 Å². The molecule has 0 aliphatic carbocycles. The summed E-state index contributed by atoms with van der Waals surface area (Å²) in [5, 5.41) is 1.89. The number of halogens is 2. The number of thiophene rings is 1. The SMILES string of the molecule is CCOC(=O)C1CCCN(C(=O)c2sc3cc(Cl)ccc3c2Cl)C1. The van der Waals surface area contributed by atoms with Crippen LogP contribution in [0.15, 0.2) is 18.2 Å². The number of esters is 1. The van der Waals surface area contributed by atoms with Crippen molar-refractivity contribution in [3.63, 3.8) is 0 Å². The van der Waals surface area contributed by atoms with Gasteiger partial charge in [0, 0.05) is 28.2 Å². The second-order valence-corrected chi connectivity index (χ2v) is 7.59. The first-order chi connectivity index (χ1) is 11.5. The van der Waals surface area contributed by atoms with Gasteiger partial charge in [-0.2, -0.15) is 0 Å². The van der Waals surface area contributed by atoms with Gasteiger partial charge in [0.15, 0.2) is 0 Å². The van der Waals surface area contributed by atoms with Gasteiger partial charge in [0.1, 0.15) is 4.88 Å². The third-order valence-electron chi connectivity index (χ3n) is 4.11. The van der Waals surface area contributed by atoms with Gasteiger partial charge >= 0.3 is 5.97 Å². The molecule has 2 heterocycles. The molecule has 1 aliphatic rings. The van der Waals surface area contributed by atoms with E-state index in [9.17, 15) is 9.59 Å². The highest BCUT2D eigenvalue weighted by Gasteiger charge is 2.31. The monoisotopic (exact) mass is 385 g/mol. The van der Waals surface area contributed by atoms with Crippen molar-refractivity contribution in [2.75, 3.05) is 19.7 Å². The van der Waals surface area contributed by atoms with Crippen LogP contribution in [0.25, 0.3) is 10.1 Å². The number of amides is 1. The van der Waals surface area contributed by atoms with Crippen LogP contribution in [-0.2, 0) is 9.53 Å². The molecule has 0 bridgehead atoms. The molecule has 0 radical (unpaired) electrons. The van der Waals surface area contributed by atoms with E-state index in [0.29, 0.717) is 34.6 Å². The highest BCUT2D eigenvalue weighted by molar-refractivity contribution is 7.21. The van der Waals surface area contributed by atoms with E-state index in [1.54, 1.807) is 17.9 Å². The first-order valence-electron chi connectivity index (χ1n) is 7.84. The number of carbonyl (C=O) groups excluding carboxylic acids is 2. The Hall–Kier alpha value is -1.30. The van der Waals surface area contributed by atoms with Crippen LogP contribution in [0.4, 0.5) is 0 Å². The molecule has 0 spiro atoms. The van der Waals surface area contributed by atoms with Crippen molar-refractivity contribution in [3.8, 4) is 0 Å². The standard InChI is InChI=1S/C17H17Cl2NO3S/c1-2-23-17(22)10-4-3-7-20(9-10)16(21)15-14(19)12-6-5-11(18)8-13(12)24-15/h5-6,8,10H,2-4,7,9H2,1H3. The van der Waals surface area contributed by atoms with Crippen LogP contribution in [0.1, 0.15) is 29.4 Å². The lowest BCUT2D eigenvalue weighted by Crippen LogP contribution is -2.42. The summed E-state index contributed by atoms with van der Waals surface area (Å²) in [6, 6.07) is 5.39. The molecular weight excluding hydrogens is 369 g/mol. The molecule has 4 nitrogen and oxygen atoms in total. The van der Waals surface area contributed by atoms with Gasteiger partial charge in [-0.3, -0.25) is 9.59 Å². The highest BCUT2D eigenvalue weighted by Crippen LogP contribution is 2.37. The summed E-state index contributed by atoms with van der Waals surface area (Å²) in [5.74, 6) is -0.624. The van der Waals surface area contributed by atoms with Gasteiger partial charge in [0.05, 0.1) is 17.5 Å². The van der Waals surface area contributed by atoms with Crippen molar-refractivity contribution in [2.24, 2.45) is 5.92 Å². The lowest BCUT2D eigenvalue weighted by atomic mass is 9.98. The molecule has 1 atom stereocenters. The molecule has 1 saturated heterocycles. The van der Waals surface area contributed by atoms with Gasteiger partial charge in [-0.15, -0.1) is 11.3 Å². The molecule has 7 heteroatoms. The Bertz CT molecular complexity index is 789. The maximum Gasteiger partial charge on any atom is 0.310 e. The van der Waals surface area contributed by atoms with Crippen LogP contribution >= 0.6 is 34.5 Å². The number of carbonyl (C=O) groups is 2. The second-order valence-electron chi connectivity index (χ2n) is 5.73. The maximum atomic E-state index is 12.9. The summed E-state index contributed by atoms with van der Waals surface area (Å²) in [7, 11) is 0. The Morgan fingerprint density at radius 3 is 2.92 bits per heavy atom. The van der Waals surface area contributed by atoms with E-state index >= 15 is 0 Å². The van der Waals surface area contributed by atoms with E-state index in [4.69, 9.17) is 27.9 Å². The number of rotatable bonds is 3. The predicted octanol–water partition coefficient (Wildman–Crippen LogP) is 4.62. The number of ether oxygens (including phenoxy) is 1. The van der Waals surface area contributed by atoms with Gasteiger partial charge in [0.25, 0.3) is 5.91 Å². The number of fused-ring (bicyclic) bond motifs is 1. The van der Waals surface area contributed by atoms with Gasteiger partial charge in [-0.25, -0.2) is 0 Å². The Kier molecular flexibility index (Phi) is 5.33. The number of benzene rings is 1. The fourth-order valence-corrected chi connectivity index (χ4v) is 4.69. The largest absolute Gasteiger partial charge is 0.466 e. The van der Waals surface area contributed by atoms with Gasteiger partial charge < -0.3 is 9.64 Å². The number of likely N-dealkylation sites (tertiary alicyclic amines) is 1. The summed E-state index contributed by atoms with van der Waals surface area (Å²) in [6.45, 7) is 3.14. The minimum absolute atomic E-state index is 0.133. The predicted molar refractivity (Wildman–Crippen MR) is 97.1 cm³/mol. The summed E-state index contributed by atoms with van der Waals surface area (Å²) in [4.78, 5) is 27.0. The highest BCUT2D eigenvalue weighted by atomic mass is 35.5. The van der Waals surface area contributed by atoms with E-state index in [2.05, 4.69) is 0 Å². The summed E-state index contributed by atoms with van der Waals surface area (Å²) in [6.07, 6.45) is 1.53. The van der Waals surface area contributed by atoms with E-state index in [-0.39, 0.29) is 17.8 Å². The minimum atomic E-state index is -0.259. The first kappa shape index (κ1) is 17.5. The Balaban J connectivity index is 1.83. The molecule has 1 fully saturated rings. The number of nitrogens with zero attached hydrogens (tertiary/aromatic N) is 1. The van der Waals surface area contributed by atoms with E-state index in [0.717, 1.165) is 22.9 Å². The van der Waals surface area contributed by atoms with Crippen molar-refractivity contribution >= 4 is 56.5 Å². The van der Waals surface area contributed by atoms with Crippen molar-refractivity contribution in [2.45, 2.75) is 19.8 Å². The van der Waals surface area contributed by atoms with E-state index < -0.39 is 0 Å². The number of hydrogen-bond acceptors (Lipinski definition) is 4. The third-order valence-corrected chi connectivity index (χ3v) is 5.99. The van der Waals surface area contributed by atoms with Crippen LogP contribution < -0.4 is 0 Å². The zero-order chi connectivity index (χ0) is 17.3.